The highest BCUT2D eigenvalue weighted by Gasteiger charge is 2.44. The van der Waals surface area contributed by atoms with Gasteiger partial charge in [0.05, 0.1) is 25.3 Å². The monoisotopic (exact) mass is 406 g/mol. The van der Waals surface area contributed by atoms with Crippen LogP contribution in [0.1, 0.15) is 52.4 Å². The van der Waals surface area contributed by atoms with Crippen molar-refractivity contribution in [1.82, 2.24) is 20.4 Å². The molecule has 1 amide bonds. The fourth-order valence-corrected chi connectivity index (χ4v) is 6.39. The van der Waals surface area contributed by atoms with E-state index in [0.717, 1.165) is 45.8 Å². The largest absolute Gasteiger partial charge is 0.379 e. The van der Waals surface area contributed by atoms with E-state index in [1.165, 1.54) is 32.1 Å². The summed E-state index contributed by atoms with van der Waals surface area (Å²) in [6, 6.07) is 1.14. The normalized spacial score (nSPS) is 39.7. The Morgan fingerprint density at radius 3 is 2.62 bits per heavy atom. The average Bonchev–Trinajstić information content (AvgIpc) is 3.18. The summed E-state index contributed by atoms with van der Waals surface area (Å²) in [5, 5.41) is 7.52. The molecule has 1 saturated carbocycles. The fraction of sp³-hybridized carbons (Fsp3) is 0.957. The first-order valence-corrected chi connectivity index (χ1v) is 12.1. The molecule has 0 bridgehead atoms. The van der Waals surface area contributed by atoms with Crippen LogP contribution in [0.3, 0.4) is 0 Å². The molecule has 4 rings (SSSR count). The molecule has 0 radical (unpaired) electrons. The third-order valence-corrected chi connectivity index (χ3v) is 8.22. The van der Waals surface area contributed by atoms with Gasteiger partial charge in [-0.3, -0.25) is 9.69 Å². The number of morpholine rings is 1. The number of carbonyl (C=O) groups is 1. The highest BCUT2D eigenvalue weighted by atomic mass is 16.5. The van der Waals surface area contributed by atoms with E-state index >= 15 is 0 Å². The Hall–Kier alpha value is -0.690. The number of hydrogen-bond acceptors (Lipinski definition) is 5. The van der Waals surface area contributed by atoms with E-state index in [0.29, 0.717) is 35.7 Å². The Morgan fingerprint density at radius 2 is 1.90 bits per heavy atom. The quantitative estimate of drug-likeness (QED) is 0.728. The Balaban J connectivity index is 1.46. The first kappa shape index (κ1) is 21.5. The van der Waals surface area contributed by atoms with Crippen LogP contribution in [0, 0.1) is 17.8 Å². The van der Waals surface area contributed by atoms with Crippen molar-refractivity contribution in [2.75, 3.05) is 46.4 Å². The second kappa shape index (κ2) is 9.63. The number of hydrogen-bond donors (Lipinski definition) is 2. The number of ether oxygens (including phenoxy) is 1. The second-order valence-electron chi connectivity index (χ2n) is 10.2. The third kappa shape index (κ3) is 4.81. The van der Waals surface area contributed by atoms with E-state index < -0.39 is 0 Å². The van der Waals surface area contributed by atoms with Crippen LogP contribution in [-0.2, 0) is 9.53 Å². The highest BCUT2D eigenvalue weighted by Crippen LogP contribution is 2.37. The molecule has 0 aromatic heterocycles. The first-order chi connectivity index (χ1) is 14.0. The predicted octanol–water partition coefficient (Wildman–Crippen LogP) is 1.70. The molecule has 7 unspecified atom stereocenters. The standard InChI is InChI=1S/C23H42N4O2/c1-16-6-4-8-18-14-19(25-21(16)18)23(28)26(3)20(15-27-10-12-29-13-11-27)22-17(2)7-5-9-24-22/h16-22,24-25H,4-15H2,1-3H3. The lowest BCUT2D eigenvalue weighted by Gasteiger charge is -2.44. The molecule has 166 valence electrons. The van der Waals surface area contributed by atoms with Gasteiger partial charge in [0.2, 0.25) is 5.91 Å². The lowest BCUT2D eigenvalue weighted by Crippen LogP contribution is -2.62. The van der Waals surface area contributed by atoms with Gasteiger partial charge in [-0.05, 0) is 56.4 Å². The van der Waals surface area contributed by atoms with Gasteiger partial charge in [-0.25, -0.2) is 0 Å². The van der Waals surface area contributed by atoms with Crippen molar-refractivity contribution in [3.63, 3.8) is 0 Å². The molecular formula is C23H42N4O2. The number of rotatable bonds is 5. The van der Waals surface area contributed by atoms with E-state index in [9.17, 15) is 4.79 Å². The second-order valence-corrected chi connectivity index (χ2v) is 10.2. The van der Waals surface area contributed by atoms with E-state index in [2.05, 4.69) is 41.3 Å². The molecule has 3 saturated heterocycles. The summed E-state index contributed by atoms with van der Waals surface area (Å²) >= 11 is 0. The summed E-state index contributed by atoms with van der Waals surface area (Å²) in [5.74, 6) is 2.29. The van der Waals surface area contributed by atoms with E-state index in [-0.39, 0.29) is 12.1 Å². The zero-order chi connectivity index (χ0) is 20.4. The van der Waals surface area contributed by atoms with Crippen LogP contribution < -0.4 is 10.6 Å². The third-order valence-electron chi connectivity index (χ3n) is 8.22. The molecule has 0 aromatic carbocycles. The van der Waals surface area contributed by atoms with Crippen molar-refractivity contribution < 1.29 is 9.53 Å². The number of amides is 1. The molecule has 0 spiro atoms. The molecule has 6 heteroatoms. The maximum Gasteiger partial charge on any atom is 0.239 e. The Bertz CT molecular complexity index is 553. The number of nitrogens with zero attached hydrogens (tertiary/aromatic N) is 2. The maximum atomic E-state index is 13.6. The molecule has 0 aromatic rings. The summed E-state index contributed by atoms with van der Waals surface area (Å²) in [6.45, 7) is 10.3. The van der Waals surface area contributed by atoms with Gasteiger partial charge in [0.15, 0.2) is 0 Å². The molecule has 7 atom stereocenters. The highest BCUT2D eigenvalue weighted by molar-refractivity contribution is 5.82. The number of nitrogens with one attached hydrogen (secondary N) is 2. The smallest absolute Gasteiger partial charge is 0.239 e. The molecule has 1 aliphatic carbocycles. The lowest BCUT2D eigenvalue weighted by atomic mass is 9.78. The van der Waals surface area contributed by atoms with Crippen molar-refractivity contribution in [3.05, 3.63) is 0 Å². The van der Waals surface area contributed by atoms with Crippen LogP contribution in [0.2, 0.25) is 0 Å². The van der Waals surface area contributed by atoms with Gasteiger partial charge in [-0.2, -0.15) is 0 Å². The van der Waals surface area contributed by atoms with Crippen molar-refractivity contribution in [2.45, 2.75) is 76.5 Å². The Kier molecular flexibility index (Phi) is 7.15. The zero-order valence-corrected chi connectivity index (χ0v) is 18.7. The number of fused-ring (bicyclic) bond motifs is 1. The van der Waals surface area contributed by atoms with Crippen molar-refractivity contribution in [2.24, 2.45) is 17.8 Å². The summed E-state index contributed by atoms with van der Waals surface area (Å²) < 4.78 is 5.55. The molecular weight excluding hydrogens is 364 g/mol. The Labute approximate surface area is 177 Å². The van der Waals surface area contributed by atoms with Gasteiger partial charge in [-0.1, -0.05) is 20.3 Å². The van der Waals surface area contributed by atoms with Crippen LogP contribution in [0.4, 0.5) is 0 Å². The van der Waals surface area contributed by atoms with Crippen LogP contribution in [-0.4, -0.2) is 86.3 Å². The molecule has 4 fully saturated rings. The van der Waals surface area contributed by atoms with Crippen molar-refractivity contribution >= 4 is 5.91 Å². The SMILES string of the molecule is CC1CCCC2CC(C(=O)N(C)C(CN3CCOCC3)C3NCCCC3C)NC12. The minimum atomic E-state index is 0.00151. The van der Waals surface area contributed by atoms with Crippen LogP contribution in [0.25, 0.3) is 0 Å². The van der Waals surface area contributed by atoms with Crippen LogP contribution in [0.15, 0.2) is 0 Å². The van der Waals surface area contributed by atoms with Crippen molar-refractivity contribution in [3.8, 4) is 0 Å². The number of piperidine rings is 1. The molecule has 2 N–H and O–H groups in total. The Morgan fingerprint density at radius 1 is 1.14 bits per heavy atom. The molecule has 3 heterocycles. The summed E-state index contributed by atoms with van der Waals surface area (Å²) in [4.78, 5) is 18.2. The van der Waals surface area contributed by atoms with E-state index in [4.69, 9.17) is 4.74 Å². The number of likely N-dealkylation sites (N-methyl/N-ethyl adjacent to an activating group) is 1. The average molecular weight is 407 g/mol. The van der Waals surface area contributed by atoms with E-state index in [1.807, 2.05) is 0 Å². The zero-order valence-electron chi connectivity index (χ0n) is 18.7. The van der Waals surface area contributed by atoms with Gasteiger partial charge >= 0.3 is 0 Å². The molecule has 3 aliphatic heterocycles. The summed E-state index contributed by atoms with van der Waals surface area (Å²) in [7, 11) is 2.06. The van der Waals surface area contributed by atoms with Crippen LogP contribution in [0.5, 0.6) is 0 Å². The van der Waals surface area contributed by atoms with Crippen LogP contribution >= 0.6 is 0 Å². The number of carbonyl (C=O) groups excluding carboxylic acids is 1. The minimum absolute atomic E-state index is 0.00151. The lowest BCUT2D eigenvalue weighted by molar-refractivity contribution is -0.135. The topological polar surface area (TPSA) is 56.8 Å². The van der Waals surface area contributed by atoms with Gasteiger partial charge in [-0.15, -0.1) is 0 Å². The first-order valence-electron chi connectivity index (χ1n) is 12.1. The fourth-order valence-electron chi connectivity index (χ4n) is 6.39. The minimum Gasteiger partial charge on any atom is -0.379 e. The summed E-state index contributed by atoms with van der Waals surface area (Å²) in [6.07, 6.45) is 7.43. The molecule has 6 nitrogen and oxygen atoms in total. The molecule has 29 heavy (non-hydrogen) atoms. The van der Waals surface area contributed by atoms with Crippen molar-refractivity contribution in [1.29, 1.82) is 0 Å². The van der Waals surface area contributed by atoms with Gasteiger partial charge in [0.25, 0.3) is 0 Å². The van der Waals surface area contributed by atoms with Gasteiger partial charge in [0, 0.05) is 38.8 Å². The van der Waals surface area contributed by atoms with Gasteiger partial charge < -0.3 is 20.3 Å². The predicted molar refractivity (Wildman–Crippen MR) is 116 cm³/mol. The van der Waals surface area contributed by atoms with E-state index in [1.54, 1.807) is 0 Å². The molecule has 4 aliphatic rings. The summed E-state index contributed by atoms with van der Waals surface area (Å²) in [5.41, 5.74) is 0. The maximum absolute atomic E-state index is 13.6. The van der Waals surface area contributed by atoms with Gasteiger partial charge in [0.1, 0.15) is 0 Å².